The van der Waals surface area contributed by atoms with Crippen LogP contribution in [0.2, 0.25) is 0 Å². The number of carbonyl (C=O) groups excluding carboxylic acids is 2. The van der Waals surface area contributed by atoms with Gasteiger partial charge in [0.15, 0.2) is 0 Å². The van der Waals surface area contributed by atoms with Crippen molar-refractivity contribution < 1.29 is 18.0 Å². The van der Waals surface area contributed by atoms with Crippen molar-refractivity contribution in [2.24, 2.45) is 0 Å². The van der Waals surface area contributed by atoms with Crippen LogP contribution >= 0.6 is 27.3 Å². The van der Waals surface area contributed by atoms with Gasteiger partial charge in [-0.15, -0.1) is 11.3 Å². The summed E-state index contributed by atoms with van der Waals surface area (Å²) in [6.45, 7) is 1.01. The van der Waals surface area contributed by atoms with E-state index in [2.05, 4.69) is 21.2 Å². The van der Waals surface area contributed by atoms with Crippen molar-refractivity contribution in [3.05, 3.63) is 14.7 Å². The Hall–Kier alpha value is -0.770. The van der Waals surface area contributed by atoms with E-state index < -0.39 is 21.8 Å². The number of imide groups is 1. The summed E-state index contributed by atoms with van der Waals surface area (Å²) < 4.78 is 26.2. The summed E-state index contributed by atoms with van der Waals surface area (Å²) in [6.07, 6.45) is 0. The van der Waals surface area contributed by atoms with E-state index in [4.69, 9.17) is 0 Å². The van der Waals surface area contributed by atoms with E-state index in [9.17, 15) is 18.0 Å². The van der Waals surface area contributed by atoms with Gasteiger partial charge >= 0.3 is 0 Å². The predicted molar refractivity (Wildman–Crippen MR) is 68.7 cm³/mol. The summed E-state index contributed by atoms with van der Waals surface area (Å²) in [5.74, 6) is -1.22. The van der Waals surface area contributed by atoms with Crippen LogP contribution < -0.4 is 5.32 Å². The van der Waals surface area contributed by atoms with Gasteiger partial charge in [0.2, 0.25) is 21.8 Å². The fourth-order valence-electron chi connectivity index (χ4n) is 1.61. The molecule has 98 valence electrons. The van der Waals surface area contributed by atoms with Gasteiger partial charge in [0.05, 0.1) is 21.8 Å². The third kappa shape index (κ3) is 2.48. The molecule has 0 atom stereocenters. The number of sulfonamides is 1. The number of hydrogen-bond donors (Lipinski definition) is 1. The standard InChI is InChI=1S/C9H9BrN2O4S2/c1-5-6(2-7(10)17-5)18(15,16)12-3-8(13)11-9(14)4-12/h2H,3-4H2,1H3,(H,11,13,14). The molecule has 0 radical (unpaired) electrons. The van der Waals surface area contributed by atoms with Gasteiger partial charge in [-0.2, -0.15) is 4.31 Å². The van der Waals surface area contributed by atoms with E-state index in [1.807, 2.05) is 0 Å². The van der Waals surface area contributed by atoms with Gasteiger partial charge in [-0.25, -0.2) is 8.42 Å². The molecule has 0 aromatic carbocycles. The fraction of sp³-hybridized carbons (Fsp3) is 0.333. The van der Waals surface area contributed by atoms with Crippen molar-refractivity contribution in [3.8, 4) is 0 Å². The van der Waals surface area contributed by atoms with E-state index in [1.165, 1.54) is 17.4 Å². The SMILES string of the molecule is Cc1sc(Br)cc1S(=O)(=O)N1CC(=O)NC(=O)C1. The maximum Gasteiger partial charge on any atom is 0.245 e. The molecular weight excluding hydrogens is 344 g/mol. The van der Waals surface area contributed by atoms with Crippen LogP contribution in [-0.2, 0) is 19.6 Å². The Bertz CT molecular complexity index is 607. The molecule has 6 nitrogen and oxygen atoms in total. The van der Waals surface area contributed by atoms with Crippen LogP contribution in [0.1, 0.15) is 4.88 Å². The van der Waals surface area contributed by atoms with Crippen molar-refractivity contribution in [3.63, 3.8) is 0 Å². The van der Waals surface area contributed by atoms with Gasteiger partial charge in [0.1, 0.15) is 0 Å². The van der Waals surface area contributed by atoms with Gasteiger partial charge in [0, 0.05) is 4.88 Å². The number of amides is 2. The second kappa shape index (κ2) is 4.72. The summed E-state index contributed by atoms with van der Waals surface area (Å²) in [4.78, 5) is 23.2. The third-order valence-electron chi connectivity index (χ3n) is 2.38. The molecule has 1 aromatic rings. The van der Waals surface area contributed by atoms with Gasteiger partial charge in [-0.3, -0.25) is 14.9 Å². The average molecular weight is 353 g/mol. The minimum atomic E-state index is -3.81. The molecule has 1 N–H and O–H groups in total. The van der Waals surface area contributed by atoms with Crippen LogP contribution in [0, 0.1) is 6.92 Å². The van der Waals surface area contributed by atoms with Crippen LogP contribution in [0.15, 0.2) is 14.7 Å². The van der Waals surface area contributed by atoms with E-state index in [0.717, 1.165) is 4.31 Å². The Morgan fingerprint density at radius 1 is 1.33 bits per heavy atom. The molecule has 1 fully saturated rings. The summed E-state index contributed by atoms with van der Waals surface area (Å²) >= 11 is 4.50. The lowest BCUT2D eigenvalue weighted by molar-refractivity contribution is -0.134. The highest BCUT2D eigenvalue weighted by Gasteiger charge is 2.34. The summed E-state index contributed by atoms with van der Waals surface area (Å²) in [5, 5.41) is 2.06. The zero-order valence-corrected chi connectivity index (χ0v) is 12.5. The highest BCUT2D eigenvalue weighted by atomic mass is 79.9. The fourth-order valence-corrected chi connectivity index (χ4v) is 5.34. The van der Waals surface area contributed by atoms with Crippen molar-refractivity contribution in [2.75, 3.05) is 13.1 Å². The molecular formula is C9H9BrN2O4S2. The third-order valence-corrected chi connectivity index (χ3v) is 5.98. The van der Waals surface area contributed by atoms with Crippen LogP contribution in [-0.4, -0.2) is 37.6 Å². The topological polar surface area (TPSA) is 83.6 Å². The van der Waals surface area contributed by atoms with Crippen LogP contribution in [0.25, 0.3) is 0 Å². The molecule has 1 aromatic heterocycles. The van der Waals surface area contributed by atoms with E-state index >= 15 is 0 Å². The first-order chi connectivity index (χ1) is 8.30. The van der Waals surface area contributed by atoms with E-state index in [0.29, 0.717) is 8.66 Å². The number of hydrogen-bond acceptors (Lipinski definition) is 5. The van der Waals surface area contributed by atoms with Crippen LogP contribution in [0.5, 0.6) is 0 Å². The van der Waals surface area contributed by atoms with Crippen molar-refractivity contribution in [2.45, 2.75) is 11.8 Å². The summed E-state index contributed by atoms with van der Waals surface area (Å²) in [6, 6.07) is 1.48. The molecule has 1 aliphatic rings. The first-order valence-electron chi connectivity index (χ1n) is 4.89. The lowest BCUT2D eigenvalue weighted by Gasteiger charge is -2.24. The molecule has 1 aliphatic heterocycles. The van der Waals surface area contributed by atoms with Crippen LogP contribution in [0.3, 0.4) is 0 Å². The first kappa shape index (κ1) is 13.7. The molecule has 9 heteroatoms. The number of nitrogens with one attached hydrogen (secondary N) is 1. The summed E-state index contributed by atoms with van der Waals surface area (Å²) in [5.41, 5.74) is 0. The largest absolute Gasteiger partial charge is 0.294 e. The lowest BCUT2D eigenvalue weighted by atomic mass is 10.4. The van der Waals surface area contributed by atoms with Crippen molar-refractivity contribution >= 4 is 49.1 Å². The van der Waals surface area contributed by atoms with Crippen molar-refractivity contribution in [1.29, 1.82) is 0 Å². The van der Waals surface area contributed by atoms with Crippen molar-refractivity contribution in [1.82, 2.24) is 9.62 Å². The number of carbonyl (C=O) groups is 2. The maximum atomic E-state index is 12.3. The smallest absolute Gasteiger partial charge is 0.245 e. The minimum absolute atomic E-state index is 0.127. The Morgan fingerprint density at radius 2 is 1.89 bits per heavy atom. The molecule has 2 amide bonds. The Morgan fingerprint density at radius 3 is 2.33 bits per heavy atom. The second-order valence-corrected chi connectivity index (χ2v) is 8.26. The zero-order valence-electron chi connectivity index (χ0n) is 9.27. The van der Waals surface area contributed by atoms with Gasteiger partial charge in [-0.1, -0.05) is 0 Å². The van der Waals surface area contributed by atoms with Gasteiger partial charge in [-0.05, 0) is 28.9 Å². The molecule has 0 saturated carbocycles. The number of aryl methyl sites for hydroxylation is 1. The molecule has 0 bridgehead atoms. The zero-order chi connectivity index (χ0) is 13.5. The number of thiophene rings is 1. The molecule has 18 heavy (non-hydrogen) atoms. The van der Waals surface area contributed by atoms with Crippen LogP contribution in [0.4, 0.5) is 0 Å². The number of nitrogens with zero attached hydrogens (tertiary/aromatic N) is 1. The minimum Gasteiger partial charge on any atom is -0.294 e. The molecule has 2 heterocycles. The van der Waals surface area contributed by atoms with Gasteiger partial charge < -0.3 is 0 Å². The first-order valence-corrected chi connectivity index (χ1v) is 7.94. The predicted octanol–water partition coefficient (Wildman–Crippen LogP) is 0.466. The molecule has 0 aliphatic carbocycles. The Balaban J connectivity index is 2.40. The second-order valence-electron chi connectivity index (χ2n) is 3.72. The van der Waals surface area contributed by atoms with E-state index in [1.54, 1.807) is 6.92 Å². The average Bonchev–Trinajstić information content (AvgIpc) is 2.57. The molecule has 1 saturated heterocycles. The molecule has 2 rings (SSSR count). The van der Waals surface area contributed by atoms with E-state index in [-0.39, 0.29) is 18.0 Å². The molecule has 0 spiro atoms. The Labute approximate surface area is 116 Å². The highest BCUT2D eigenvalue weighted by molar-refractivity contribution is 9.11. The normalized spacial score (nSPS) is 17.9. The van der Waals surface area contributed by atoms with Gasteiger partial charge in [0.25, 0.3) is 0 Å². The summed E-state index contributed by atoms with van der Waals surface area (Å²) in [7, 11) is -3.81. The monoisotopic (exact) mass is 352 g/mol. The number of piperazine rings is 1. The molecule has 0 unspecified atom stereocenters. The number of halogens is 1. The Kier molecular flexibility index (Phi) is 3.58. The maximum absolute atomic E-state index is 12.3. The highest BCUT2D eigenvalue weighted by Crippen LogP contribution is 2.31. The quantitative estimate of drug-likeness (QED) is 0.784. The lowest BCUT2D eigenvalue weighted by Crippen LogP contribution is -2.53. The number of rotatable bonds is 2.